The summed E-state index contributed by atoms with van der Waals surface area (Å²) in [6.45, 7) is 1.95. The minimum atomic E-state index is -0.186. The monoisotopic (exact) mass is 389 g/mol. The van der Waals surface area contributed by atoms with Gasteiger partial charge in [0, 0.05) is 23.9 Å². The van der Waals surface area contributed by atoms with Crippen molar-refractivity contribution < 1.29 is 14.3 Å². The Morgan fingerprint density at radius 2 is 1.79 bits per heavy atom. The lowest BCUT2D eigenvalue weighted by Gasteiger charge is -2.19. The van der Waals surface area contributed by atoms with Crippen molar-refractivity contribution in [2.24, 2.45) is 0 Å². The zero-order chi connectivity index (χ0) is 19.6. The third kappa shape index (κ3) is 3.46. The Kier molecular flexibility index (Phi) is 4.68. The normalized spacial score (nSPS) is 15.3. The summed E-state index contributed by atoms with van der Waals surface area (Å²) in [5.41, 5.74) is 3.25. The summed E-state index contributed by atoms with van der Waals surface area (Å²) in [6.07, 6.45) is 4.21. The number of carbonyl (C=O) groups is 1. The molecule has 0 saturated heterocycles. The number of anilines is 1. The number of benzene rings is 2. The van der Waals surface area contributed by atoms with E-state index in [-0.39, 0.29) is 5.91 Å². The van der Waals surface area contributed by atoms with Gasteiger partial charge < -0.3 is 19.4 Å². The minimum absolute atomic E-state index is 0.186. The van der Waals surface area contributed by atoms with E-state index < -0.39 is 0 Å². The van der Waals surface area contributed by atoms with Gasteiger partial charge in [-0.1, -0.05) is 36.8 Å². The molecule has 0 fully saturated rings. The first-order chi connectivity index (χ1) is 14.3. The first kappa shape index (κ1) is 17.8. The fourth-order valence-corrected chi connectivity index (χ4v) is 4.02. The molecule has 1 N–H and O–H groups in total. The van der Waals surface area contributed by atoms with Crippen LogP contribution in [0.15, 0.2) is 48.5 Å². The lowest BCUT2D eigenvalue weighted by atomic mass is 10.1. The second kappa shape index (κ2) is 7.62. The lowest BCUT2D eigenvalue weighted by molar-refractivity contribution is 0.102. The number of imidazole rings is 1. The zero-order valence-corrected chi connectivity index (χ0v) is 16.2. The van der Waals surface area contributed by atoms with Crippen LogP contribution in [0.5, 0.6) is 11.5 Å². The summed E-state index contributed by atoms with van der Waals surface area (Å²) in [7, 11) is 0. The van der Waals surface area contributed by atoms with Crippen LogP contribution < -0.4 is 14.8 Å². The first-order valence-corrected chi connectivity index (χ1v) is 10.2. The van der Waals surface area contributed by atoms with Crippen LogP contribution in [0.3, 0.4) is 0 Å². The van der Waals surface area contributed by atoms with Gasteiger partial charge in [-0.05, 0) is 31.4 Å². The van der Waals surface area contributed by atoms with Crippen molar-refractivity contribution in [1.29, 1.82) is 0 Å². The van der Waals surface area contributed by atoms with Crippen molar-refractivity contribution in [2.45, 2.75) is 32.2 Å². The number of rotatable bonds is 3. The average molecular weight is 389 g/mol. The van der Waals surface area contributed by atoms with Gasteiger partial charge in [0.05, 0.1) is 5.69 Å². The summed E-state index contributed by atoms with van der Waals surface area (Å²) < 4.78 is 13.4. The van der Waals surface area contributed by atoms with Gasteiger partial charge in [-0.15, -0.1) is 0 Å². The molecule has 3 heterocycles. The maximum atomic E-state index is 13.2. The highest BCUT2D eigenvalue weighted by Crippen LogP contribution is 2.33. The van der Waals surface area contributed by atoms with Crippen molar-refractivity contribution >= 4 is 11.6 Å². The largest absolute Gasteiger partial charge is 0.486 e. The highest BCUT2D eigenvalue weighted by Gasteiger charge is 2.24. The first-order valence-electron chi connectivity index (χ1n) is 10.2. The second-order valence-corrected chi connectivity index (χ2v) is 7.37. The van der Waals surface area contributed by atoms with Crippen LogP contribution >= 0.6 is 0 Å². The van der Waals surface area contributed by atoms with E-state index in [2.05, 4.69) is 9.88 Å². The number of nitrogens with zero attached hydrogens (tertiary/aromatic N) is 2. The molecule has 29 heavy (non-hydrogen) atoms. The molecule has 6 nitrogen and oxygen atoms in total. The molecule has 1 aromatic heterocycles. The second-order valence-electron chi connectivity index (χ2n) is 7.37. The zero-order valence-electron chi connectivity index (χ0n) is 16.2. The van der Waals surface area contributed by atoms with E-state index in [1.165, 1.54) is 6.42 Å². The number of amides is 1. The van der Waals surface area contributed by atoms with E-state index >= 15 is 0 Å². The molecule has 6 heteroatoms. The minimum Gasteiger partial charge on any atom is -0.486 e. The van der Waals surface area contributed by atoms with Crippen LogP contribution in [0, 0.1) is 0 Å². The SMILES string of the molecule is O=C(Nc1ccc2c(c1)OCCO2)c1nc(-c2ccccc2)n2c1CCCCC2. The van der Waals surface area contributed by atoms with Crippen LogP contribution in [-0.4, -0.2) is 28.7 Å². The lowest BCUT2D eigenvalue weighted by Crippen LogP contribution is -2.17. The molecule has 0 saturated carbocycles. The summed E-state index contributed by atoms with van der Waals surface area (Å²) in [6, 6.07) is 15.5. The van der Waals surface area contributed by atoms with Gasteiger partial charge in [0.2, 0.25) is 0 Å². The Hall–Kier alpha value is -3.28. The highest BCUT2D eigenvalue weighted by atomic mass is 16.6. The molecule has 2 aliphatic rings. The Morgan fingerprint density at radius 3 is 2.66 bits per heavy atom. The standard InChI is InChI=1S/C23H23N3O3/c27-23(24-17-10-11-19-20(15-17)29-14-13-28-19)21-18-9-5-2-6-12-26(18)22(25-21)16-7-3-1-4-8-16/h1,3-4,7-8,10-11,15H,2,5-6,9,12-14H2,(H,24,27). The molecular formula is C23H23N3O3. The van der Waals surface area contributed by atoms with E-state index in [0.717, 1.165) is 42.9 Å². The molecule has 3 aromatic rings. The summed E-state index contributed by atoms with van der Waals surface area (Å²) in [4.78, 5) is 17.9. The third-order valence-electron chi connectivity index (χ3n) is 5.41. The fraction of sp³-hybridized carbons (Fsp3) is 0.304. The molecule has 2 aliphatic heterocycles. The highest BCUT2D eigenvalue weighted by molar-refractivity contribution is 6.04. The summed E-state index contributed by atoms with van der Waals surface area (Å²) in [5.74, 6) is 2.04. The quantitative estimate of drug-likeness (QED) is 0.725. The van der Waals surface area contributed by atoms with Crippen LogP contribution in [0.2, 0.25) is 0 Å². The van der Waals surface area contributed by atoms with Gasteiger partial charge in [0.1, 0.15) is 24.7 Å². The van der Waals surface area contributed by atoms with Crippen LogP contribution in [-0.2, 0) is 13.0 Å². The van der Waals surface area contributed by atoms with Gasteiger partial charge in [-0.3, -0.25) is 4.79 Å². The van der Waals surface area contributed by atoms with E-state index in [9.17, 15) is 4.79 Å². The molecule has 0 unspecified atom stereocenters. The van der Waals surface area contributed by atoms with Crippen LogP contribution in [0.1, 0.15) is 35.4 Å². The number of hydrogen-bond acceptors (Lipinski definition) is 4. The molecule has 148 valence electrons. The van der Waals surface area contributed by atoms with Gasteiger partial charge in [-0.25, -0.2) is 4.98 Å². The predicted molar refractivity (Wildman–Crippen MR) is 111 cm³/mol. The van der Waals surface area contributed by atoms with Gasteiger partial charge in [0.25, 0.3) is 5.91 Å². The molecule has 0 radical (unpaired) electrons. The molecule has 0 atom stereocenters. The van der Waals surface area contributed by atoms with E-state index in [4.69, 9.17) is 14.5 Å². The van der Waals surface area contributed by atoms with Gasteiger partial charge in [-0.2, -0.15) is 0 Å². The molecule has 1 amide bonds. The summed E-state index contributed by atoms with van der Waals surface area (Å²) in [5, 5.41) is 2.99. The van der Waals surface area contributed by atoms with E-state index in [1.807, 2.05) is 42.5 Å². The van der Waals surface area contributed by atoms with Crippen molar-refractivity contribution in [2.75, 3.05) is 18.5 Å². The molecule has 0 bridgehead atoms. The Bertz CT molecular complexity index is 1040. The topological polar surface area (TPSA) is 65.4 Å². The number of ether oxygens (including phenoxy) is 2. The fourth-order valence-electron chi connectivity index (χ4n) is 4.02. The van der Waals surface area contributed by atoms with Gasteiger partial charge >= 0.3 is 0 Å². The maximum absolute atomic E-state index is 13.2. The number of fused-ring (bicyclic) bond motifs is 2. The Labute approximate surface area is 169 Å². The Morgan fingerprint density at radius 1 is 0.966 bits per heavy atom. The number of aromatic nitrogens is 2. The molecule has 5 rings (SSSR count). The number of hydrogen-bond donors (Lipinski definition) is 1. The Balaban J connectivity index is 1.49. The molecular weight excluding hydrogens is 366 g/mol. The van der Waals surface area contributed by atoms with Crippen molar-refractivity contribution in [3.8, 4) is 22.9 Å². The molecule has 0 spiro atoms. The smallest absolute Gasteiger partial charge is 0.276 e. The van der Waals surface area contributed by atoms with Crippen molar-refractivity contribution in [3.05, 3.63) is 59.9 Å². The van der Waals surface area contributed by atoms with Gasteiger partial charge in [0.15, 0.2) is 11.5 Å². The molecule has 0 aliphatic carbocycles. The van der Waals surface area contributed by atoms with Crippen molar-refractivity contribution in [1.82, 2.24) is 9.55 Å². The number of carbonyl (C=O) groups excluding carboxylic acids is 1. The average Bonchev–Trinajstić information content (AvgIpc) is 2.95. The predicted octanol–water partition coefficient (Wildman–Crippen LogP) is 4.30. The number of nitrogens with one attached hydrogen (secondary N) is 1. The van der Waals surface area contributed by atoms with E-state index in [0.29, 0.717) is 36.1 Å². The molecule has 2 aromatic carbocycles. The maximum Gasteiger partial charge on any atom is 0.276 e. The third-order valence-corrected chi connectivity index (χ3v) is 5.41. The van der Waals surface area contributed by atoms with Crippen LogP contribution in [0.4, 0.5) is 5.69 Å². The van der Waals surface area contributed by atoms with Crippen molar-refractivity contribution in [3.63, 3.8) is 0 Å². The summed E-state index contributed by atoms with van der Waals surface area (Å²) >= 11 is 0. The van der Waals surface area contributed by atoms with E-state index in [1.54, 1.807) is 6.07 Å². The van der Waals surface area contributed by atoms with Crippen LogP contribution in [0.25, 0.3) is 11.4 Å².